The molecule has 36 heavy (non-hydrogen) atoms. The van der Waals surface area contributed by atoms with Crippen molar-refractivity contribution < 1.29 is 76.2 Å². The van der Waals surface area contributed by atoms with Crippen LogP contribution in [0.25, 0.3) is 0 Å². The molecule has 0 spiro atoms. The second-order valence-corrected chi connectivity index (χ2v) is 10.5. The molecule has 18 heteroatoms. The standard InChI is InChI=1S/C18H24F10O7S/c1-13(2,9-34-8-7-14(19,20)18(27,28)36(31,32)33)12(29)35-11-5-3-10(4-6-11)15(30,16(21,22)23)17(24,25)26/h10-11,30H,3-9H2,1-2H3,(H,31,32,33). The predicted octanol–water partition coefficient (Wildman–Crippen LogP) is 4.49. The smallest absolute Gasteiger partial charge is 0.431 e. The first-order valence-corrected chi connectivity index (χ1v) is 11.6. The molecule has 0 radical (unpaired) electrons. The molecule has 0 aromatic heterocycles. The minimum atomic E-state index is -6.44. The van der Waals surface area contributed by atoms with E-state index in [1.54, 1.807) is 0 Å². The molecule has 0 amide bonds. The van der Waals surface area contributed by atoms with E-state index >= 15 is 0 Å². The summed E-state index contributed by atoms with van der Waals surface area (Å²) in [5.74, 6) is -8.56. The topological polar surface area (TPSA) is 110 Å². The number of hydrogen-bond donors (Lipinski definition) is 2. The van der Waals surface area contributed by atoms with Crippen molar-refractivity contribution in [2.75, 3.05) is 13.2 Å². The zero-order valence-corrected chi connectivity index (χ0v) is 19.5. The van der Waals surface area contributed by atoms with Crippen molar-refractivity contribution in [1.82, 2.24) is 0 Å². The summed E-state index contributed by atoms with van der Waals surface area (Å²) in [6.45, 7) is 0.389. The number of hydrogen-bond acceptors (Lipinski definition) is 6. The lowest BCUT2D eigenvalue weighted by Gasteiger charge is -2.42. The van der Waals surface area contributed by atoms with E-state index in [1.807, 2.05) is 0 Å². The number of ether oxygens (including phenoxy) is 2. The van der Waals surface area contributed by atoms with Crippen LogP contribution in [0.5, 0.6) is 0 Å². The fraction of sp³-hybridized carbons (Fsp3) is 0.944. The van der Waals surface area contributed by atoms with E-state index in [0.717, 1.165) is 13.8 Å². The van der Waals surface area contributed by atoms with Gasteiger partial charge in [-0.05, 0) is 39.5 Å². The molecule has 1 aliphatic carbocycles. The molecule has 2 N–H and O–H groups in total. The molecular formula is C18H24F10O7S. The Bertz CT molecular complexity index is 862. The Morgan fingerprint density at radius 2 is 1.33 bits per heavy atom. The van der Waals surface area contributed by atoms with E-state index in [0.29, 0.717) is 0 Å². The molecule has 0 saturated heterocycles. The Balaban J connectivity index is 2.66. The van der Waals surface area contributed by atoms with Crippen LogP contribution in [0, 0.1) is 11.3 Å². The van der Waals surface area contributed by atoms with Gasteiger partial charge < -0.3 is 14.6 Å². The van der Waals surface area contributed by atoms with Gasteiger partial charge in [0, 0.05) is 12.3 Å². The normalized spacial score (nSPS) is 21.4. The summed E-state index contributed by atoms with van der Waals surface area (Å²) in [6.07, 6.45) is -17.5. The molecule has 1 saturated carbocycles. The van der Waals surface area contributed by atoms with Gasteiger partial charge in [-0.1, -0.05) is 0 Å². The van der Waals surface area contributed by atoms with E-state index < -0.39 is 108 Å². The second-order valence-electron chi connectivity index (χ2n) is 9.02. The van der Waals surface area contributed by atoms with Crippen LogP contribution in [0.15, 0.2) is 0 Å². The van der Waals surface area contributed by atoms with Crippen LogP contribution in [0.2, 0.25) is 0 Å². The van der Waals surface area contributed by atoms with Gasteiger partial charge in [-0.15, -0.1) is 0 Å². The van der Waals surface area contributed by atoms with Crippen molar-refractivity contribution in [3.63, 3.8) is 0 Å². The third-order valence-electron chi connectivity index (χ3n) is 5.73. The van der Waals surface area contributed by atoms with Crippen LogP contribution in [-0.4, -0.2) is 72.5 Å². The molecule has 214 valence electrons. The quantitative estimate of drug-likeness (QED) is 0.171. The minimum Gasteiger partial charge on any atom is -0.462 e. The van der Waals surface area contributed by atoms with Gasteiger partial charge in [0.1, 0.15) is 6.10 Å². The van der Waals surface area contributed by atoms with Crippen LogP contribution in [0.3, 0.4) is 0 Å². The summed E-state index contributed by atoms with van der Waals surface area (Å²) in [6, 6.07) is 0. The lowest BCUT2D eigenvalue weighted by atomic mass is 9.75. The highest BCUT2D eigenvalue weighted by Gasteiger charge is 2.73. The molecule has 0 heterocycles. The van der Waals surface area contributed by atoms with Gasteiger partial charge in [0.15, 0.2) is 0 Å². The van der Waals surface area contributed by atoms with Gasteiger partial charge >= 0.3 is 39.6 Å². The highest BCUT2D eigenvalue weighted by molar-refractivity contribution is 7.87. The largest absolute Gasteiger partial charge is 0.462 e. The zero-order valence-electron chi connectivity index (χ0n) is 18.7. The third-order valence-corrected chi connectivity index (χ3v) is 6.68. The van der Waals surface area contributed by atoms with Crippen molar-refractivity contribution in [2.24, 2.45) is 11.3 Å². The van der Waals surface area contributed by atoms with Crippen molar-refractivity contribution in [3.05, 3.63) is 0 Å². The van der Waals surface area contributed by atoms with Gasteiger partial charge in [0.2, 0.25) is 0 Å². The van der Waals surface area contributed by atoms with Crippen LogP contribution in [0.4, 0.5) is 43.9 Å². The van der Waals surface area contributed by atoms with Gasteiger partial charge in [-0.3, -0.25) is 9.35 Å². The Hall–Kier alpha value is -1.40. The second kappa shape index (κ2) is 10.4. The first-order valence-electron chi connectivity index (χ1n) is 10.2. The summed E-state index contributed by atoms with van der Waals surface area (Å²) in [4.78, 5) is 12.3. The maximum Gasteiger partial charge on any atom is 0.431 e. The van der Waals surface area contributed by atoms with E-state index in [4.69, 9.17) is 14.0 Å². The third kappa shape index (κ3) is 6.72. The molecule has 0 aliphatic heterocycles. The lowest BCUT2D eigenvalue weighted by Crippen LogP contribution is -2.62. The van der Waals surface area contributed by atoms with Gasteiger partial charge in [-0.25, -0.2) is 0 Å². The number of carbonyl (C=O) groups is 1. The number of carbonyl (C=O) groups excluding carboxylic acids is 1. The number of alkyl halides is 10. The van der Waals surface area contributed by atoms with Crippen LogP contribution in [-0.2, 0) is 24.4 Å². The Morgan fingerprint density at radius 3 is 1.72 bits per heavy atom. The molecule has 1 fully saturated rings. The Morgan fingerprint density at radius 1 is 0.889 bits per heavy atom. The Labute approximate surface area is 198 Å². The molecule has 1 aliphatic rings. The fourth-order valence-electron chi connectivity index (χ4n) is 3.45. The fourth-order valence-corrected chi connectivity index (χ4v) is 3.93. The SMILES string of the molecule is CC(C)(COCCC(F)(F)C(F)(F)S(=O)(=O)O)C(=O)OC1CCC(C(O)(C(F)(F)F)C(F)(F)F)CC1. The van der Waals surface area contributed by atoms with Crippen LogP contribution < -0.4 is 0 Å². The first kappa shape index (κ1) is 32.6. The van der Waals surface area contributed by atoms with Crippen molar-refractivity contribution in [2.45, 2.75) is 81.2 Å². The van der Waals surface area contributed by atoms with Gasteiger partial charge in [-0.2, -0.15) is 52.3 Å². The Kier molecular flexibility index (Phi) is 9.42. The van der Waals surface area contributed by atoms with Crippen LogP contribution >= 0.6 is 0 Å². The predicted molar refractivity (Wildman–Crippen MR) is 99.6 cm³/mol. The van der Waals surface area contributed by atoms with Crippen molar-refractivity contribution in [1.29, 1.82) is 0 Å². The van der Waals surface area contributed by atoms with E-state index in [2.05, 4.69) is 0 Å². The molecule has 7 nitrogen and oxygen atoms in total. The summed E-state index contributed by atoms with van der Waals surface area (Å²) in [5, 5.41) is 3.65. The maximum absolute atomic E-state index is 13.4. The van der Waals surface area contributed by atoms with Crippen molar-refractivity contribution in [3.8, 4) is 0 Å². The maximum atomic E-state index is 13.4. The summed E-state index contributed by atoms with van der Waals surface area (Å²) < 4.78 is 170. The van der Waals surface area contributed by atoms with E-state index in [9.17, 15) is 62.2 Å². The van der Waals surface area contributed by atoms with Gasteiger partial charge in [0.05, 0.1) is 18.6 Å². The molecule has 0 unspecified atom stereocenters. The number of esters is 1. The first-order chi connectivity index (χ1) is 15.8. The molecule has 0 atom stereocenters. The van der Waals surface area contributed by atoms with Crippen molar-refractivity contribution >= 4 is 16.1 Å². The van der Waals surface area contributed by atoms with E-state index in [1.165, 1.54) is 0 Å². The summed E-state index contributed by atoms with van der Waals surface area (Å²) >= 11 is 0. The lowest BCUT2D eigenvalue weighted by molar-refractivity contribution is -0.387. The summed E-state index contributed by atoms with van der Waals surface area (Å²) in [7, 11) is -6.44. The monoisotopic (exact) mass is 574 g/mol. The number of halogens is 10. The summed E-state index contributed by atoms with van der Waals surface area (Å²) in [5.41, 5.74) is -6.59. The molecule has 0 bridgehead atoms. The molecule has 1 rings (SSSR count). The van der Waals surface area contributed by atoms with Crippen LogP contribution in [0.1, 0.15) is 46.0 Å². The number of rotatable bonds is 10. The average molecular weight is 574 g/mol. The molecular weight excluding hydrogens is 550 g/mol. The number of aliphatic hydroxyl groups is 1. The van der Waals surface area contributed by atoms with Gasteiger partial charge in [0.25, 0.3) is 5.60 Å². The minimum absolute atomic E-state index is 0.460. The highest BCUT2D eigenvalue weighted by Crippen LogP contribution is 2.51. The molecule has 0 aromatic rings. The highest BCUT2D eigenvalue weighted by atomic mass is 32.2. The van der Waals surface area contributed by atoms with E-state index in [-0.39, 0.29) is 0 Å². The molecule has 0 aromatic carbocycles. The zero-order chi connectivity index (χ0) is 28.6. The average Bonchev–Trinajstić information content (AvgIpc) is 2.68.